The van der Waals surface area contributed by atoms with Crippen LogP contribution in [0.3, 0.4) is 0 Å². The zero-order valence-corrected chi connectivity index (χ0v) is 9.21. The monoisotopic (exact) mass is 217 g/mol. The first kappa shape index (κ1) is 10.7. The molecule has 0 bridgehead atoms. The Balaban J connectivity index is 2.12. The Morgan fingerprint density at radius 2 is 2.06 bits per heavy atom. The Labute approximate surface area is 94.7 Å². The van der Waals surface area contributed by atoms with Crippen molar-refractivity contribution in [3.63, 3.8) is 0 Å². The van der Waals surface area contributed by atoms with E-state index in [0.717, 1.165) is 29.9 Å². The molecule has 16 heavy (non-hydrogen) atoms. The highest BCUT2D eigenvalue weighted by Crippen LogP contribution is 2.16. The van der Waals surface area contributed by atoms with Gasteiger partial charge >= 0.3 is 0 Å². The number of hydrogen-bond donors (Lipinski definition) is 3. The number of nitrogens with one attached hydrogen (secondary N) is 3. The molecule has 0 fully saturated rings. The van der Waals surface area contributed by atoms with Crippen LogP contribution in [0.1, 0.15) is 18.9 Å². The highest BCUT2D eigenvalue weighted by atomic mass is 16.1. The van der Waals surface area contributed by atoms with Crippen LogP contribution in [-0.4, -0.2) is 12.5 Å². The average molecular weight is 217 g/mol. The van der Waals surface area contributed by atoms with Crippen LogP contribution in [0, 0.1) is 0 Å². The van der Waals surface area contributed by atoms with E-state index in [-0.39, 0.29) is 5.91 Å². The molecule has 0 saturated heterocycles. The minimum absolute atomic E-state index is 0.0515. The molecule has 1 aliphatic rings. The third-order valence-corrected chi connectivity index (χ3v) is 2.36. The van der Waals surface area contributed by atoms with Crippen molar-refractivity contribution in [2.24, 2.45) is 0 Å². The molecule has 1 aromatic carbocycles. The van der Waals surface area contributed by atoms with Gasteiger partial charge in [-0.2, -0.15) is 0 Å². The number of rotatable bonds is 2. The molecule has 0 saturated carbocycles. The highest BCUT2D eigenvalue weighted by Gasteiger charge is 2.04. The van der Waals surface area contributed by atoms with Gasteiger partial charge in [-0.3, -0.25) is 4.79 Å². The fraction of sp³-hybridized carbons (Fsp3) is 0.250. The summed E-state index contributed by atoms with van der Waals surface area (Å²) in [4.78, 5) is 10.9. The molecule has 84 valence electrons. The van der Waals surface area contributed by atoms with E-state index in [2.05, 4.69) is 22.2 Å². The second kappa shape index (κ2) is 4.81. The molecule has 1 amide bonds. The van der Waals surface area contributed by atoms with Crippen molar-refractivity contribution in [3.05, 3.63) is 35.9 Å². The van der Waals surface area contributed by atoms with Gasteiger partial charge in [0, 0.05) is 19.2 Å². The van der Waals surface area contributed by atoms with E-state index in [1.807, 2.05) is 24.3 Å². The maximum atomic E-state index is 10.9. The lowest BCUT2D eigenvalue weighted by atomic mass is 10.1. The number of hydrogen-bond acceptors (Lipinski definition) is 3. The number of carbonyl (C=O) groups excluding carboxylic acids is 1. The van der Waals surface area contributed by atoms with Gasteiger partial charge in [0.15, 0.2) is 0 Å². The van der Waals surface area contributed by atoms with Crippen molar-refractivity contribution in [2.75, 3.05) is 11.9 Å². The summed E-state index contributed by atoms with van der Waals surface area (Å²) < 4.78 is 0. The molecule has 3 N–H and O–H groups in total. The number of benzene rings is 1. The fourth-order valence-electron chi connectivity index (χ4n) is 1.62. The van der Waals surface area contributed by atoms with Crippen molar-refractivity contribution in [2.45, 2.75) is 13.3 Å². The molecule has 1 aromatic rings. The molecule has 1 heterocycles. The lowest BCUT2D eigenvalue weighted by molar-refractivity contribution is -0.114. The third kappa shape index (κ3) is 2.61. The molecule has 2 rings (SSSR count). The Bertz CT molecular complexity index is 409. The molecule has 0 radical (unpaired) electrons. The van der Waals surface area contributed by atoms with Crippen LogP contribution in [0.4, 0.5) is 5.69 Å². The van der Waals surface area contributed by atoms with Gasteiger partial charge in [-0.15, -0.1) is 0 Å². The summed E-state index contributed by atoms with van der Waals surface area (Å²) >= 11 is 0. The molecular weight excluding hydrogens is 202 g/mol. The van der Waals surface area contributed by atoms with Gasteiger partial charge in [-0.1, -0.05) is 18.2 Å². The second-order valence-corrected chi connectivity index (χ2v) is 3.72. The second-order valence-electron chi connectivity index (χ2n) is 3.72. The van der Waals surface area contributed by atoms with Crippen molar-refractivity contribution in [1.82, 2.24) is 10.9 Å². The first-order valence-corrected chi connectivity index (χ1v) is 5.33. The average Bonchev–Trinajstić information content (AvgIpc) is 2.30. The van der Waals surface area contributed by atoms with E-state index in [1.165, 1.54) is 6.92 Å². The topological polar surface area (TPSA) is 53.2 Å². The summed E-state index contributed by atoms with van der Waals surface area (Å²) in [5.74, 6) is -0.0515. The minimum Gasteiger partial charge on any atom is -0.326 e. The first-order valence-electron chi connectivity index (χ1n) is 5.33. The van der Waals surface area contributed by atoms with Crippen molar-refractivity contribution >= 4 is 17.3 Å². The lowest BCUT2D eigenvalue weighted by Gasteiger charge is -2.17. The van der Waals surface area contributed by atoms with E-state index >= 15 is 0 Å². The maximum Gasteiger partial charge on any atom is 0.221 e. The van der Waals surface area contributed by atoms with Crippen molar-refractivity contribution < 1.29 is 4.79 Å². The number of hydrazine groups is 1. The van der Waals surface area contributed by atoms with E-state index in [1.54, 1.807) is 0 Å². The molecule has 4 nitrogen and oxygen atoms in total. The third-order valence-electron chi connectivity index (χ3n) is 2.36. The summed E-state index contributed by atoms with van der Waals surface area (Å²) in [7, 11) is 0. The van der Waals surface area contributed by atoms with E-state index in [9.17, 15) is 4.79 Å². The van der Waals surface area contributed by atoms with Crippen molar-refractivity contribution in [1.29, 1.82) is 0 Å². The van der Waals surface area contributed by atoms with Crippen LogP contribution in [-0.2, 0) is 4.79 Å². The Kier molecular flexibility index (Phi) is 3.22. The van der Waals surface area contributed by atoms with E-state index in [4.69, 9.17) is 0 Å². The normalized spacial score (nSPS) is 14.9. The van der Waals surface area contributed by atoms with Crippen LogP contribution in [0.5, 0.6) is 0 Å². The smallest absolute Gasteiger partial charge is 0.221 e. The summed E-state index contributed by atoms with van der Waals surface area (Å²) in [5, 5.41) is 2.74. The summed E-state index contributed by atoms with van der Waals surface area (Å²) in [6.45, 7) is 2.45. The predicted octanol–water partition coefficient (Wildman–Crippen LogP) is 1.48. The maximum absolute atomic E-state index is 10.9. The van der Waals surface area contributed by atoms with Gasteiger partial charge in [0.25, 0.3) is 0 Å². The molecular formula is C12H15N3O. The molecule has 0 unspecified atom stereocenters. The number of anilines is 1. The summed E-state index contributed by atoms with van der Waals surface area (Å²) in [6, 6.07) is 7.76. The molecule has 0 spiro atoms. The van der Waals surface area contributed by atoms with Gasteiger partial charge in [0.05, 0.1) is 5.70 Å². The molecule has 0 atom stereocenters. The van der Waals surface area contributed by atoms with Crippen LogP contribution in [0.25, 0.3) is 5.70 Å². The number of carbonyl (C=O) groups is 1. The summed E-state index contributed by atoms with van der Waals surface area (Å²) in [5.41, 5.74) is 9.23. The molecule has 4 heteroatoms. The van der Waals surface area contributed by atoms with Gasteiger partial charge < -0.3 is 10.7 Å². The molecule has 1 aliphatic heterocycles. The Morgan fingerprint density at radius 1 is 1.31 bits per heavy atom. The van der Waals surface area contributed by atoms with E-state index in [0.29, 0.717) is 0 Å². The highest BCUT2D eigenvalue weighted by molar-refractivity contribution is 5.88. The van der Waals surface area contributed by atoms with Crippen LogP contribution in [0.2, 0.25) is 0 Å². The first-order chi connectivity index (χ1) is 7.75. The SMILES string of the molecule is CC(=O)Nc1ccc(C2=CCCNN2)cc1. The number of amides is 1. The minimum atomic E-state index is -0.0515. The Morgan fingerprint density at radius 3 is 2.62 bits per heavy atom. The van der Waals surface area contributed by atoms with Gasteiger partial charge in [0.2, 0.25) is 5.91 Å². The van der Waals surface area contributed by atoms with Gasteiger partial charge in [0.1, 0.15) is 0 Å². The van der Waals surface area contributed by atoms with Crippen LogP contribution < -0.4 is 16.2 Å². The zero-order valence-electron chi connectivity index (χ0n) is 9.21. The summed E-state index contributed by atoms with van der Waals surface area (Å²) in [6.07, 6.45) is 3.18. The zero-order chi connectivity index (χ0) is 11.4. The van der Waals surface area contributed by atoms with E-state index < -0.39 is 0 Å². The largest absolute Gasteiger partial charge is 0.326 e. The van der Waals surface area contributed by atoms with Gasteiger partial charge in [-0.25, -0.2) is 5.43 Å². The quantitative estimate of drug-likeness (QED) is 0.703. The molecule has 0 aliphatic carbocycles. The lowest BCUT2D eigenvalue weighted by Crippen LogP contribution is -2.34. The Hall–Kier alpha value is -1.81. The standard InChI is InChI=1S/C12H15N3O/c1-9(16)14-11-6-4-10(5-7-11)12-3-2-8-13-15-12/h3-7,13,15H,2,8H2,1H3,(H,14,16). The molecule has 0 aromatic heterocycles. The predicted molar refractivity (Wildman–Crippen MR) is 64.5 cm³/mol. The fourth-order valence-corrected chi connectivity index (χ4v) is 1.62. The van der Waals surface area contributed by atoms with Crippen LogP contribution >= 0.6 is 0 Å². The van der Waals surface area contributed by atoms with Crippen molar-refractivity contribution in [3.8, 4) is 0 Å². The van der Waals surface area contributed by atoms with Crippen LogP contribution in [0.15, 0.2) is 30.3 Å². The van der Waals surface area contributed by atoms with Gasteiger partial charge in [-0.05, 0) is 24.1 Å².